The summed E-state index contributed by atoms with van der Waals surface area (Å²) in [4.78, 5) is 35.8. The predicted molar refractivity (Wildman–Crippen MR) is 79.9 cm³/mol. The van der Waals surface area contributed by atoms with E-state index in [-0.39, 0.29) is 27.8 Å². The van der Waals surface area contributed by atoms with Gasteiger partial charge in [0, 0.05) is 16.7 Å². The second-order valence-corrected chi connectivity index (χ2v) is 4.94. The van der Waals surface area contributed by atoms with Crippen LogP contribution in [0.4, 0.5) is 4.79 Å². The maximum absolute atomic E-state index is 12.1. The highest BCUT2D eigenvalue weighted by Crippen LogP contribution is 2.35. The number of imide groups is 1. The average Bonchev–Trinajstić information content (AvgIpc) is 2.77. The molecule has 9 heteroatoms. The van der Waals surface area contributed by atoms with Crippen LogP contribution in [0.15, 0.2) is 17.8 Å². The number of rotatable bonds is 4. The molecule has 0 spiro atoms. The van der Waals surface area contributed by atoms with Crippen molar-refractivity contribution in [3.8, 4) is 11.5 Å². The molecule has 0 atom stereocenters. The van der Waals surface area contributed by atoms with Gasteiger partial charge in [-0.1, -0.05) is 11.6 Å². The van der Waals surface area contributed by atoms with Crippen LogP contribution >= 0.6 is 11.6 Å². The van der Waals surface area contributed by atoms with Gasteiger partial charge in [0.25, 0.3) is 5.91 Å². The Morgan fingerprint density at radius 3 is 2.70 bits per heavy atom. The molecule has 1 aliphatic rings. The molecule has 2 rings (SSSR count). The minimum Gasteiger partial charge on any atom is -0.504 e. The van der Waals surface area contributed by atoms with Crippen molar-refractivity contribution < 1.29 is 29.0 Å². The molecule has 1 aromatic carbocycles. The first kappa shape index (κ1) is 16.6. The second kappa shape index (κ2) is 6.57. The summed E-state index contributed by atoms with van der Waals surface area (Å²) in [6.07, 6.45) is 1.24. The standard InChI is InChI=1S/C14H13ClN2O6/c1-22-10-5-8(15)3-7(12(10)19)4-9-13(20)17(14(21)16-9)6-11(18)23-2/h3-5,19H,6H2,1-2H3,(H,16,21)/b9-4+. The van der Waals surface area contributed by atoms with Gasteiger partial charge in [0.15, 0.2) is 11.5 Å². The third kappa shape index (κ3) is 3.37. The van der Waals surface area contributed by atoms with E-state index < -0.39 is 24.5 Å². The van der Waals surface area contributed by atoms with Gasteiger partial charge >= 0.3 is 12.0 Å². The van der Waals surface area contributed by atoms with E-state index in [0.29, 0.717) is 4.90 Å². The van der Waals surface area contributed by atoms with Gasteiger partial charge in [-0.3, -0.25) is 9.59 Å². The Hall–Kier alpha value is -2.74. The van der Waals surface area contributed by atoms with Crippen LogP contribution in [0.1, 0.15) is 5.56 Å². The SMILES string of the molecule is COC(=O)CN1C(=O)N/C(=C/c2cc(Cl)cc(OC)c2O)C1=O. The van der Waals surface area contributed by atoms with E-state index in [4.69, 9.17) is 16.3 Å². The molecule has 2 N–H and O–H groups in total. The first-order valence-electron chi connectivity index (χ1n) is 6.35. The quantitative estimate of drug-likeness (QED) is 0.483. The lowest BCUT2D eigenvalue weighted by molar-refractivity contribution is -0.143. The number of hydrogen-bond acceptors (Lipinski definition) is 6. The van der Waals surface area contributed by atoms with E-state index in [1.807, 2.05) is 0 Å². The molecule has 0 aromatic heterocycles. The van der Waals surface area contributed by atoms with E-state index >= 15 is 0 Å². The minimum atomic E-state index is -0.764. The highest BCUT2D eigenvalue weighted by atomic mass is 35.5. The van der Waals surface area contributed by atoms with Crippen molar-refractivity contribution >= 4 is 35.6 Å². The Kier molecular flexibility index (Phi) is 4.75. The largest absolute Gasteiger partial charge is 0.504 e. The number of esters is 1. The number of benzene rings is 1. The number of amides is 3. The Balaban J connectivity index is 2.34. The number of halogens is 1. The van der Waals surface area contributed by atoms with Gasteiger partial charge in [-0.05, 0) is 12.1 Å². The Morgan fingerprint density at radius 1 is 1.39 bits per heavy atom. The number of phenolic OH excluding ortho intramolecular Hbond substituents is 1. The molecule has 1 aliphatic heterocycles. The number of urea groups is 1. The van der Waals surface area contributed by atoms with Crippen molar-refractivity contribution in [3.05, 3.63) is 28.4 Å². The summed E-state index contributed by atoms with van der Waals surface area (Å²) in [5.41, 5.74) is 0.0661. The molecule has 0 bridgehead atoms. The van der Waals surface area contributed by atoms with Crippen LogP contribution in [0.5, 0.6) is 11.5 Å². The molecular formula is C14H13ClN2O6. The highest BCUT2D eigenvalue weighted by Gasteiger charge is 2.35. The second-order valence-electron chi connectivity index (χ2n) is 4.50. The van der Waals surface area contributed by atoms with Crippen molar-refractivity contribution in [2.75, 3.05) is 20.8 Å². The molecule has 0 aliphatic carbocycles. The van der Waals surface area contributed by atoms with Crippen molar-refractivity contribution in [3.63, 3.8) is 0 Å². The normalized spacial score (nSPS) is 15.8. The molecule has 1 aromatic rings. The molecule has 1 heterocycles. The Morgan fingerprint density at radius 2 is 2.09 bits per heavy atom. The fourth-order valence-corrected chi connectivity index (χ4v) is 2.14. The summed E-state index contributed by atoms with van der Waals surface area (Å²) in [5, 5.41) is 12.6. The van der Waals surface area contributed by atoms with E-state index in [9.17, 15) is 19.5 Å². The molecule has 122 valence electrons. The fourth-order valence-electron chi connectivity index (χ4n) is 1.92. The molecule has 23 heavy (non-hydrogen) atoms. The third-order valence-corrected chi connectivity index (χ3v) is 3.28. The summed E-state index contributed by atoms with van der Waals surface area (Å²) in [6, 6.07) is 2.03. The van der Waals surface area contributed by atoms with Crippen molar-refractivity contribution in [2.24, 2.45) is 0 Å². The number of hydrogen-bond donors (Lipinski definition) is 2. The van der Waals surface area contributed by atoms with Crippen molar-refractivity contribution in [2.45, 2.75) is 0 Å². The first-order chi connectivity index (χ1) is 10.9. The van der Waals surface area contributed by atoms with Gasteiger partial charge in [0.1, 0.15) is 12.2 Å². The topological polar surface area (TPSA) is 105 Å². The zero-order valence-corrected chi connectivity index (χ0v) is 13.0. The summed E-state index contributed by atoms with van der Waals surface area (Å²) in [5.74, 6) is -1.58. The average molecular weight is 341 g/mol. The number of aromatic hydroxyl groups is 1. The van der Waals surface area contributed by atoms with Gasteiger partial charge in [-0.2, -0.15) is 0 Å². The van der Waals surface area contributed by atoms with Crippen LogP contribution in [0.2, 0.25) is 5.02 Å². The van der Waals surface area contributed by atoms with Crippen LogP contribution in [-0.4, -0.2) is 48.7 Å². The monoisotopic (exact) mass is 340 g/mol. The molecule has 3 amide bonds. The molecular weight excluding hydrogens is 328 g/mol. The number of ether oxygens (including phenoxy) is 2. The van der Waals surface area contributed by atoms with Crippen LogP contribution in [0.3, 0.4) is 0 Å². The maximum Gasteiger partial charge on any atom is 0.329 e. The highest BCUT2D eigenvalue weighted by molar-refractivity contribution is 6.31. The van der Waals surface area contributed by atoms with Crippen LogP contribution in [0.25, 0.3) is 6.08 Å². The molecule has 1 fully saturated rings. The lowest BCUT2D eigenvalue weighted by atomic mass is 10.1. The zero-order chi connectivity index (χ0) is 17.1. The Bertz CT molecular complexity index is 715. The molecule has 0 unspecified atom stereocenters. The van der Waals surface area contributed by atoms with Crippen LogP contribution < -0.4 is 10.1 Å². The number of nitrogens with one attached hydrogen (secondary N) is 1. The van der Waals surface area contributed by atoms with Crippen molar-refractivity contribution in [1.29, 1.82) is 0 Å². The number of nitrogens with zero attached hydrogens (tertiary/aromatic N) is 1. The number of carbonyl (C=O) groups is 3. The smallest absolute Gasteiger partial charge is 0.329 e. The van der Waals surface area contributed by atoms with Crippen LogP contribution in [-0.2, 0) is 14.3 Å². The van der Waals surface area contributed by atoms with Crippen LogP contribution in [0, 0.1) is 0 Å². The summed E-state index contributed by atoms with van der Waals surface area (Å²) < 4.78 is 9.38. The van der Waals surface area contributed by atoms with E-state index in [0.717, 1.165) is 7.11 Å². The van der Waals surface area contributed by atoms with Gasteiger partial charge in [0.2, 0.25) is 0 Å². The molecule has 8 nitrogen and oxygen atoms in total. The van der Waals surface area contributed by atoms with Crippen molar-refractivity contribution in [1.82, 2.24) is 10.2 Å². The minimum absolute atomic E-state index is 0.112. The summed E-state index contributed by atoms with van der Waals surface area (Å²) >= 11 is 5.90. The maximum atomic E-state index is 12.1. The fraction of sp³-hybridized carbons (Fsp3) is 0.214. The number of phenols is 1. The summed E-state index contributed by atoms with van der Waals surface area (Å²) in [7, 11) is 2.50. The van der Waals surface area contributed by atoms with Gasteiger partial charge in [-0.25, -0.2) is 9.69 Å². The van der Waals surface area contributed by atoms with Gasteiger partial charge < -0.3 is 19.9 Å². The number of methoxy groups -OCH3 is 2. The molecule has 1 saturated heterocycles. The molecule has 0 saturated carbocycles. The van der Waals surface area contributed by atoms with E-state index in [2.05, 4.69) is 10.1 Å². The summed E-state index contributed by atoms with van der Waals surface area (Å²) in [6.45, 7) is -0.511. The molecule has 0 radical (unpaired) electrons. The zero-order valence-electron chi connectivity index (χ0n) is 12.3. The lowest BCUT2D eigenvalue weighted by Gasteiger charge is -2.09. The third-order valence-electron chi connectivity index (χ3n) is 3.07. The lowest BCUT2D eigenvalue weighted by Crippen LogP contribution is -2.36. The Labute approximate surface area is 136 Å². The van der Waals surface area contributed by atoms with E-state index in [1.165, 1.54) is 25.3 Å². The van der Waals surface area contributed by atoms with E-state index in [1.54, 1.807) is 0 Å². The predicted octanol–water partition coefficient (Wildman–Crippen LogP) is 1.12. The number of carbonyl (C=O) groups excluding carboxylic acids is 3. The van der Waals surface area contributed by atoms with Gasteiger partial charge in [-0.15, -0.1) is 0 Å². The van der Waals surface area contributed by atoms with Gasteiger partial charge in [0.05, 0.1) is 14.2 Å². The first-order valence-corrected chi connectivity index (χ1v) is 6.73.